The molecular formula is C27H29N3O4S. The van der Waals surface area contributed by atoms with Crippen molar-refractivity contribution >= 4 is 22.2 Å². The Balaban J connectivity index is 1.14. The maximum atomic E-state index is 13.5. The first-order chi connectivity index (χ1) is 17.2. The molecule has 0 saturated carbocycles. The lowest BCUT2D eigenvalue weighted by atomic mass is 10.1. The molecule has 0 bridgehead atoms. The van der Waals surface area contributed by atoms with Crippen LogP contribution in [0.15, 0.2) is 54.6 Å². The van der Waals surface area contributed by atoms with Gasteiger partial charge in [0.05, 0.1) is 23.1 Å². The quantitative estimate of drug-likeness (QED) is 0.539. The Bertz CT molecular complexity index is 1180. The Hall–Kier alpha value is -3.07. The van der Waals surface area contributed by atoms with Crippen LogP contribution in [0.25, 0.3) is 11.1 Å². The molecule has 35 heavy (non-hydrogen) atoms. The van der Waals surface area contributed by atoms with Crippen molar-refractivity contribution in [3.63, 3.8) is 0 Å². The van der Waals surface area contributed by atoms with Gasteiger partial charge in [-0.15, -0.1) is 11.3 Å². The van der Waals surface area contributed by atoms with E-state index in [-0.39, 0.29) is 5.91 Å². The minimum absolute atomic E-state index is 0.134. The second-order valence-corrected chi connectivity index (χ2v) is 10.1. The lowest BCUT2D eigenvalue weighted by molar-refractivity contribution is 0.0633. The maximum absolute atomic E-state index is 13.5. The molecule has 4 heterocycles. The van der Waals surface area contributed by atoms with Gasteiger partial charge in [-0.2, -0.15) is 0 Å². The minimum atomic E-state index is 0.134. The average Bonchev–Trinajstić information content (AvgIpc) is 3.57. The van der Waals surface area contributed by atoms with Crippen molar-refractivity contribution in [2.45, 2.75) is 6.54 Å². The summed E-state index contributed by atoms with van der Waals surface area (Å²) in [4.78, 5) is 21.1. The fourth-order valence-corrected chi connectivity index (χ4v) is 6.07. The van der Waals surface area contributed by atoms with Gasteiger partial charge in [0.15, 0.2) is 11.5 Å². The standard InChI is InChI=1S/C27H29N3O4S/c31-26(29-10-8-28(9-11-29)18-20-6-7-23-24(16-20)34-19-33-23)25-17-22(21-4-2-1-3-5-21)27(35-25)30-12-14-32-15-13-30/h1-7,16-17H,8-15,18-19H2. The van der Waals surface area contributed by atoms with E-state index in [2.05, 4.69) is 52.3 Å². The van der Waals surface area contributed by atoms with Crippen LogP contribution in [-0.4, -0.2) is 75.0 Å². The number of rotatable bonds is 5. The molecule has 0 radical (unpaired) electrons. The summed E-state index contributed by atoms with van der Waals surface area (Å²) in [6, 6.07) is 18.6. The van der Waals surface area contributed by atoms with Crippen LogP contribution in [0, 0.1) is 0 Å². The molecule has 182 valence electrons. The molecule has 7 nitrogen and oxygen atoms in total. The van der Waals surface area contributed by atoms with Crippen molar-refractivity contribution in [1.82, 2.24) is 9.80 Å². The van der Waals surface area contributed by atoms with Gasteiger partial charge in [-0.05, 0) is 29.3 Å². The smallest absolute Gasteiger partial charge is 0.264 e. The molecule has 3 aromatic rings. The predicted octanol–water partition coefficient (Wildman–Crippen LogP) is 3.94. The first kappa shape index (κ1) is 22.4. The Kier molecular flexibility index (Phi) is 6.33. The molecule has 0 N–H and O–H groups in total. The summed E-state index contributed by atoms with van der Waals surface area (Å²) in [5.74, 6) is 1.76. The number of hydrogen-bond donors (Lipinski definition) is 0. The monoisotopic (exact) mass is 491 g/mol. The van der Waals surface area contributed by atoms with E-state index >= 15 is 0 Å². The molecule has 2 fully saturated rings. The molecule has 0 atom stereocenters. The van der Waals surface area contributed by atoms with Gasteiger partial charge < -0.3 is 24.0 Å². The van der Waals surface area contributed by atoms with Crippen molar-refractivity contribution in [2.75, 3.05) is 64.2 Å². The van der Waals surface area contributed by atoms with E-state index in [9.17, 15) is 4.79 Å². The van der Waals surface area contributed by atoms with Crippen molar-refractivity contribution in [3.05, 3.63) is 65.0 Å². The van der Waals surface area contributed by atoms with Crippen LogP contribution in [0.4, 0.5) is 5.00 Å². The fraction of sp³-hybridized carbons (Fsp3) is 0.370. The number of amides is 1. The Morgan fingerprint density at radius 2 is 1.63 bits per heavy atom. The van der Waals surface area contributed by atoms with Gasteiger partial charge in [0.2, 0.25) is 6.79 Å². The number of benzene rings is 2. The third kappa shape index (κ3) is 4.74. The third-order valence-corrected chi connectivity index (χ3v) is 7.99. The molecule has 0 unspecified atom stereocenters. The first-order valence-electron chi connectivity index (χ1n) is 12.2. The van der Waals surface area contributed by atoms with E-state index in [4.69, 9.17) is 14.2 Å². The molecule has 1 aromatic heterocycles. The van der Waals surface area contributed by atoms with Crippen molar-refractivity contribution in [3.8, 4) is 22.6 Å². The zero-order valence-corrected chi connectivity index (χ0v) is 20.5. The predicted molar refractivity (Wildman–Crippen MR) is 137 cm³/mol. The number of fused-ring (bicyclic) bond motifs is 1. The average molecular weight is 492 g/mol. The Labute approximate surface area is 209 Å². The molecule has 1 amide bonds. The normalized spacial score (nSPS) is 18.2. The molecule has 2 aromatic carbocycles. The number of carbonyl (C=O) groups is 1. The number of nitrogens with zero attached hydrogens (tertiary/aromatic N) is 3. The number of anilines is 1. The van der Waals surface area contributed by atoms with Gasteiger partial charge in [0.25, 0.3) is 5.91 Å². The molecular weight excluding hydrogens is 462 g/mol. The highest BCUT2D eigenvalue weighted by atomic mass is 32.1. The topological polar surface area (TPSA) is 54.5 Å². The van der Waals surface area contributed by atoms with E-state index in [0.717, 1.165) is 86.5 Å². The zero-order chi connectivity index (χ0) is 23.6. The van der Waals surface area contributed by atoms with Gasteiger partial charge in [-0.25, -0.2) is 0 Å². The molecule has 0 spiro atoms. The number of ether oxygens (including phenoxy) is 3. The van der Waals surface area contributed by atoms with Crippen molar-refractivity contribution in [2.24, 2.45) is 0 Å². The van der Waals surface area contributed by atoms with Crippen LogP contribution in [0.5, 0.6) is 11.5 Å². The number of piperazine rings is 1. The highest BCUT2D eigenvalue weighted by Crippen LogP contribution is 2.40. The summed E-state index contributed by atoms with van der Waals surface area (Å²) in [6.45, 7) is 7.46. The Morgan fingerprint density at radius 1 is 0.857 bits per heavy atom. The number of hydrogen-bond acceptors (Lipinski definition) is 7. The van der Waals surface area contributed by atoms with E-state index in [1.54, 1.807) is 11.3 Å². The van der Waals surface area contributed by atoms with E-state index in [1.165, 1.54) is 10.6 Å². The van der Waals surface area contributed by atoms with E-state index < -0.39 is 0 Å². The zero-order valence-electron chi connectivity index (χ0n) is 19.7. The number of thiophene rings is 1. The van der Waals surface area contributed by atoms with Crippen LogP contribution >= 0.6 is 11.3 Å². The third-order valence-electron chi connectivity index (χ3n) is 6.81. The summed E-state index contributed by atoms with van der Waals surface area (Å²) in [6.07, 6.45) is 0. The molecule has 2 saturated heterocycles. The lowest BCUT2D eigenvalue weighted by Gasteiger charge is -2.34. The molecule has 3 aliphatic rings. The number of morpholine rings is 1. The molecule has 8 heteroatoms. The summed E-state index contributed by atoms with van der Waals surface area (Å²) in [5.41, 5.74) is 3.50. The minimum Gasteiger partial charge on any atom is -0.454 e. The highest BCUT2D eigenvalue weighted by molar-refractivity contribution is 7.18. The highest BCUT2D eigenvalue weighted by Gasteiger charge is 2.27. The first-order valence-corrected chi connectivity index (χ1v) is 13.0. The maximum Gasteiger partial charge on any atom is 0.264 e. The Morgan fingerprint density at radius 3 is 2.43 bits per heavy atom. The van der Waals surface area contributed by atoms with E-state index in [0.29, 0.717) is 6.79 Å². The van der Waals surface area contributed by atoms with Gasteiger partial charge in [-0.3, -0.25) is 9.69 Å². The second-order valence-electron chi connectivity index (χ2n) is 9.05. The van der Waals surface area contributed by atoms with Crippen LogP contribution in [0.1, 0.15) is 15.2 Å². The van der Waals surface area contributed by atoms with Crippen LogP contribution in [0.2, 0.25) is 0 Å². The van der Waals surface area contributed by atoms with Crippen molar-refractivity contribution in [1.29, 1.82) is 0 Å². The molecule has 6 rings (SSSR count). The van der Waals surface area contributed by atoms with Crippen LogP contribution in [-0.2, 0) is 11.3 Å². The van der Waals surface area contributed by atoms with E-state index in [1.807, 2.05) is 17.0 Å². The molecule has 3 aliphatic heterocycles. The van der Waals surface area contributed by atoms with Gasteiger partial charge in [0, 0.05) is 51.4 Å². The summed E-state index contributed by atoms with van der Waals surface area (Å²) >= 11 is 1.62. The summed E-state index contributed by atoms with van der Waals surface area (Å²) in [7, 11) is 0. The summed E-state index contributed by atoms with van der Waals surface area (Å²) < 4.78 is 16.5. The van der Waals surface area contributed by atoms with Gasteiger partial charge in [0.1, 0.15) is 0 Å². The molecule has 0 aliphatic carbocycles. The second kappa shape index (κ2) is 9.89. The lowest BCUT2D eigenvalue weighted by Crippen LogP contribution is -2.48. The fourth-order valence-electron chi connectivity index (χ4n) is 4.88. The van der Waals surface area contributed by atoms with Crippen LogP contribution < -0.4 is 14.4 Å². The summed E-state index contributed by atoms with van der Waals surface area (Å²) in [5, 5.41) is 1.17. The van der Waals surface area contributed by atoms with Crippen LogP contribution in [0.3, 0.4) is 0 Å². The van der Waals surface area contributed by atoms with Gasteiger partial charge in [-0.1, -0.05) is 36.4 Å². The van der Waals surface area contributed by atoms with Gasteiger partial charge >= 0.3 is 0 Å². The van der Waals surface area contributed by atoms with Crippen molar-refractivity contribution < 1.29 is 19.0 Å². The number of carbonyl (C=O) groups excluding carboxylic acids is 1. The SMILES string of the molecule is O=C(c1cc(-c2ccccc2)c(N2CCOCC2)s1)N1CCN(Cc2ccc3c(c2)OCO3)CC1. The largest absolute Gasteiger partial charge is 0.454 e.